The second kappa shape index (κ2) is 5.69. The quantitative estimate of drug-likeness (QED) is 0.696. The number of fused-ring (bicyclic) bond motifs is 1. The van der Waals surface area contributed by atoms with Crippen LogP contribution in [0.4, 0.5) is 0 Å². The molecule has 0 aliphatic carbocycles. The van der Waals surface area contributed by atoms with Crippen molar-refractivity contribution in [3.63, 3.8) is 0 Å². The lowest BCUT2D eigenvalue weighted by Crippen LogP contribution is -2.24. The molecule has 3 aromatic rings. The molecule has 0 aliphatic rings. The molecule has 21 heavy (non-hydrogen) atoms. The first-order valence-electron chi connectivity index (χ1n) is 6.85. The van der Waals surface area contributed by atoms with Crippen molar-refractivity contribution in [2.24, 2.45) is 0 Å². The smallest absolute Gasteiger partial charge is 0.280 e. The highest BCUT2D eigenvalue weighted by molar-refractivity contribution is 6.28. The summed E-state index contributed by atoms with van der Waals surface area (Å²) in [5.74, 6) is 0. The van der Waals surface area contributed by atoms with E-state index in [1.807, 2.05) is 41.8 Å². The minimum absolute atomic E-state index is 0.139. The maximum Gasteiger partial charge on any atom is 0.280 e. The number of benzene rings is 1. The fourth-order valence-corrected chi connectivity index (χ4v) is 2.59. The molecule has 0 atom stereocenters. The number of rotatable bonds is 4. The zero-order chi connectivity index (χ0) is 14.8. The third-order valence-electron chi connectivity index (χ3n) is 3.33. The summed E-state index contributed by atoms with van der Waals surface area (Å²) >= 11 is 6.06. The monoisotopic (exact) mass is 302 g/mol. The molecular weight excluding hydrogens is 288 g/mol. The number of nitrogens with zero attached hydrogens (tertiary/aromatic N) is 4. The Labute approximate surface area is 126 Å². The Hall–Kier alpha value is -2.14. The van der Waals surface area contributed by atoms with Gasteiger partial charge in [-0.15, -0.1) is 0 Å². The highest BCUT2D eigenvalue weighted by atomic mass is 35.5. The van der Waals surface area contributed by atoms with Crippen LogP contribution in [0.15, 0.2) is 41.5 Å². The summed E-state index contributed by atoms with van der Waals surface area (Å²) in [5, 5.41) is 0.194. The van der Waals surface area contributed by atoms with Gasteiger partial charge in [-0.3, -0.25) is 9.36 Å². The zero-order valence-corrected chi connectivity index (χ0v) is 12.4. The largest absolute Gasteiger partial charge is 0.320 e. The first kappa shape index (κ1) is 13.8. The number of hydrogen-bond acceptors (Lipinski definition) is 3. The van der Waals surface area contributed by atoms with Crippen LogP contribution in [0.1, 0.15) is 18.9 Å². The average Bonchev–Trinajstić information content (AvgIpc) is 2.87. The van der Waals surface area contributed by atoms with E-state index >= 15 is 0 Å². The van der Waals surface area contributed by atoms with Crippen molar-refractivity contribution >= 4 is 22.8 Å². The van der Waals surface area contributed by atoms with Crippen molar-refractivity contribution in [1.29, 1.82) is 0 Å². The van der Waals surface area contributed by atoms with Crippen molar-refractivity contribution in [2.75, 3.05) is 0 Å². The predicted molar refractivity (Wildman–Crippen MR) is 82.6 cm³/mol. The third kappa shape index (κ3) is 2.56. The van der Waals surface area contributed by atoms with Gasteiger partial charge in [0, 0.05) is 13.1 Å². The average molecular weight is 303 g/mol. The Balaban J connectivity index is 2.12. The van der Waals surface area contributed by atoms with E-state index < -0.39 is 0 Å². The van der Waals surface area contributed by atoms with Crippen molar-refractivity contribution < 1.29 is 0 Å². The SMILES string of the molecule is CCCn1c(Cl)nc2ncn(Cc3ccccc3)c2c1=O. The molecule has 0 N–H and O–H groups in total. The summed E-state index contributed by atoms with van der Waals surface area (Å²) in [6.07, 6.45) is 2.46. The molecule has 0 saturated carbocycles. The van der Waals surface area contributed by atoms with Crippen LogP contribution in [0.3, 0.4) is 0 Å². The second-order valence-electron chi connectivity index (χ2n) is 4.87. The van der Waals surface area contributed by atoms with Crippen molar-refractivity contribution in [3.05, 3.63) is 57.9 Å². The molecule has 0 spiro atoms. The molecule has 2 heterocycles. The molecule has 5 nitrogen and oxygen atoms in total. The molecule has 2 aromatic heterocycles. The topological polar surface area (TPSA) is 52.7 Å². The van der Waals surface area contributed by atoms with Gasteiger partial charge in [0.25, 0.3) is 5.56 Å². The molecule has 6 heteroatoms. The molecule has 1 aromatic carbocycles. The highest BCUT2D eigenvalue weighted by Gasteiger charge is 2.14. The maximum absolute atomic E-state index is 12.6. The number of aromatic nitrogens is 4. The van der Waals surface area contributed by atoms with Crippen LogP contribution in [0.2, 0.25) is 5.28 Å². The van der Waals surface area contributed by atoms with E-state index in [1.165, 1.54) is 4.57 Å². The van der Waals surface area contributed by atoms with Crippen molar-refractivity contribution in [2.45, 2.75) is 26.4 Å². The third-order valence-corrected chi connectivity index (χ3v) is 3.62. The van der Waals surface area contributed by atoms with Gasteiger partial charge in [0.2, 0.25) is 5.28 Å². The van der Waals surface area contributed by atoms with Gasteiger partial charge < -0.3 is 4.57 Å². The second-order valence-corrected chi connectivity index (χ2v) is 5.21. The first-order chi connectivity index (χ1) is 10.2. The van der Waals surface area contributed by atoms with Crippen LogP contribution in [0.5, 0.6) is 0 Å². The van der Waals surface area contributed by atoms with Gasteiger partial charge in [0.15, 0.2) is 11.2 Å². The van der Waals surface area contributed by atoms with Gasteiger partial charge in [0.05, 0.1) is 6.33 Å². The molecule has 0 fully saturated rings. The zero-order valence-electron chi connectivity index (χ0n) is 11.7. The lowest BCUT2D eigenvalue weighted by molar-refractivity contribution is 0.644. The summed E-state index contributed by atoms with van der Waals surface area (Å²) in [6.45, 7) is 3.13. The van der Waals surface area contributed by atoms with Crippen molar-refractivity contribution in [3.8, 4) is 0 Å². The van der Waals surface area contributed by atoms with E-state index in [-0.39, 0.29) is 10.8 Å². The summed E-state index contributed by atoms with van der Waals surface area (Å²) in [7, 11) is 0. The molecule has 0 aliphatic heterocycles. The molecule has 0 radical (unpaired) electrons. The van der Waals surface area contributed by atoms with Gasteiger partial charge in [-0.05, 0) is 23.6 Å². The number of hydrogen-bond donors (Lipinski definition) is 0. The Bertz CT molecular complexity index is 823. The highest BCUT2D eigenvalue weighted by Crippen LogP contribution is 2.13. The molecule has 0 amide bonds. The number of halogens is 1. The molecule has 0 bridgehead atoms. The van der Waals surface area contributed by atoms with E-state index in [0.29, 0.717) is 24.3 Å². The lowest BCUT2D eigenvalue weighted by atomic mass is 10.2. The van der Waals surface area contributed by atoms with Crippen LogP contribution in [0, 0.1) is 0 Å². The Morgan fingerprint density at radius 2 is 2.00 bits per heavy atom. The van der Waals surface area contributed by atoms with Crippen LogP contribution in [-0.4, -0.2) is 19.1 Å². The summed E-state index contributed by atoms with van der Waals surface area (Å²) in [4.78, 5) is 21.0. The maximum atomic E-state index is 12.6. The van der Waals surface area contributed by atoms with Gasteiger partial charge in [0.1, 0.15) is 0 Å². The molecule has 0 saturated heterocycles. The van der Waals surface area contributed by atoms with Gasteiger partial charge >= 0.3 is 0 Å². The van der Waals surface area contributed by atoms with Gasteiger partial charge in [-0.2, -0.15) is 4.98 Å². The fraction of sp³-hybridized carbons (Fsp3) is 0.267. The minimum atomic E-state index is -0.139. The number of imidazole rings is 1. The molecule has 0 unspecified atom stereocenters. The van der Waals surface area contributed by atoms with E-state index in [0.717, 1.165) is 12.0 Å². The van der Waals surface area contributed by atoms with Crippen molar-refractivity contribution in [1.82, 2.24) is 19.1 Å². The minimum Gasteiger partial charge on any atom is -0.320 e. The summed E-state index contributed by atoms with van der Waals surface area (Å²) < 4.78 is 3.32. The molecular formula is C15H15ClN4O. The predicted octanol–water partition coefficient (Wildman–Crippen LogP) is 2.70. The van der Waals surface area contributed by atoms with Gasteiger partial charge in [-0.1, -0.05) is 37.3 Å². The van der Waals surface area contributed by atoms with E-state index in [4.69, 9.17) is 11.6 Å². The van der Waals surface area contributed by atoms with Gasteiger partial charge in [-0.25, -0.2) is 4.98 Å². The standard InChI is InChI=1S/C15H15ClN4O/c1-2-8-20-14(21)12-13(18-15(20)16)17-10-19(12)9-11-6-4-3-5-7-11/h3-7,10H,2,8-9H2,1H3. The van der Waals surface area contributed by atoms with Crippen LogP contribution >= 0.6 is 11.6 Å². The van der Waals surface area contributed by atoms with Crippen LogP contribution < -0.4 is 5.56 Å². The van der Waals surface area contributed by atoms with E-state index in [2.05, 4.69) is 9.97 Å². The lowest BCUT2D eigenvalue weighted by Gasteiger charge is -2.08. The Morgan fingerprint density at radius 3 is 2.71 bits per heavy atom. The first-order valence-corrected chi connectivity index (χ1v) is 7.23. The fourth-order valence-electron chi connectivity index (χ4n) is 2.35. The Kier molecular flexibility index (Phi) is 3.75. The van der Waals surface area contributed by atoms with Crippen LogP contribution in [-0.2, 0) is 13.1 Å². The van der Waals surface area contributed by atoms with E-state index in [9.17, 15) is 4.79 Å². The molecule has 108 valence electrons. The van der Waals surface area contributed by atoms with Crippen LogP contribution in [0.25, 0.3) is 11.2 Å². The normalized spacial score (nSPS) is 11.1. The summed E-state index contributed by atoms with van der Waals surface area (Å²) in [5.41, 5.74) is 1.86. The van der Waals surface area contributed by atoms with E-state index in [1.54, 1.807) is 6.33 Å². The molecule has 3 rings (SSSR count). The Morgan fingerprint density at radius 1 is 1.24 bits per heavy atom. The summed E-state index contributed by atoms with van der Waals surface area (Å²) in [6, 6.07) is 9.93.